The van der Waals surface area contributed by atoms with Crippen LogP contribution in [0.1, 0.15) is 18.4 Å². The van der Waals surface area contributed by atoms with Gasteiger partial charge in [-0.15, -0.1) is 0 Å². The van der Waals surface area contributed by atoms with Crippen LogP contribution in [0, 0.1) is 5.92 Å². The number of amides is 2. The molecule has 0 atom stereocenters. The molecule has 25 heavy (non-hydrogen) atoms. The minimum Gasteiger partial charge on any atom is -0.484 e. The molecule has 0 radical (unpaired) electrons. The van der Waals surface area contributed by atoms with Crippen LogP contribution in [0.3, 0.4) is 0 Å². The van der Waals surface area contributed by atoms with Crippen molar-refractivity contribution in [1.82, 2.24) is 5.32 Å². The number of anilines is 1. The minimum atomic E-state index is -0.201. The van der Waals surface area contributed by atoms with Crippen molar-refractivity contribution in [2.24, 2.45) is 5.92 Å². The fourth-order valence-electron chi connectivity index (χ4n) is 2.31. The highest BCUT2D eigenvalue weighted by atomic mass is 79.9. The van der Waals surface area contributed by atoms with Gasteiger partial charge in [-0.05, 0) is 48.7 Å². The summed E-state index contributed by atoms with van der Waals surface area (Å²) in [6, 6.07) is 14.8. The van der Waals surface area contributed by atoms with Gasteiger partial charge in [0, 0.05) is 22.6 Å². The smallest absolute Gasteiger partial charge is 0.258 e. The number of carbonyl (C=O) groups excluding carboxylic acids is 2. The molecule has 130 valence electrons. The molecule has 5 nitrogen and oxygen atoms in total. The number of rotatable bonds is 7. The Labute approximate surface area is 154 Å². The van der Waals surface area contributed by atoms with E-state index in [0.29, 0.717) is 12.3 Å². The fourth-order valence-corrected chi connectivity index (χ4v) is 2.68. The highest BCUT2D eigenvalue weighted by Gasteiger charge is 2.29. The lowest BCUT2D eigenvalue weighted by Crippen LogP contribution is -2.28. The lowest BCUT2D eigenvalue weighted by atomic mass is 10.2. The summed E-state index contributed by atoms with van der Waals surface area (Å²) in [5.41, 5.74) is 1.68. The summed E-state index contributed by atoms with van der Waals surface area (Å²) in [5.74, 6) is 0.670. The second-order valence-corrected chi connectivity index (χ2v) is 6.90. The SMILES string of the molecule is O=C(COc1cccc(Br)c1)NCc1cccc(NC(=O)C2CC2)c1. The molecule has 3 rings (SSSR count). The largest absolute Gasteiger partial charge is 0.484 e. The predicted octanol–water partition coefficient (Wildman–Crippen LogP) is 3.49. The van der Waals surface area contributed by atoms with Crippen molar-refractivity contribution < 1.29 is 14.3 Å². The Morgan fingerprint density at radius 1 is 1.12 bits per heavy atom. The third-order valence-corrected chi connectivity index (χ3v) is 4.29. The van der Waals surface area contributed by atoms with Gasteiger partial charge in [0.05, 0.1) is 0 Å². The van der Waals surface area contributed by atoms with Crippen molar-refractivity contribution in [3.63, 3.8) is 0 Å². The van der Waals surface area contributed by atoms with E-state index in [4.69, 9.17) is 4.74 Å². The molecular formula is C19H19BrN2O3. The normalized spacial score (nSPS) is 13.2. The molecule has 6 heteroatoms. The second-order valence-electron chi connectivity index (χ2n) is 5.99. The molecule has 0 bridgehead atoms. The van der Waals surface area contributed by atoms with Crippen LogP contribution >= 0.6 is 15.9 Å². The third-order valence-electron chi connectivity index (χ3n) is 3.80. The number of benzene rings is 2. The van der Waals surface area contributed by atoms with Gasteiger partial charge >= 0.3 is 0 Å². The van der Waals surface area contributed by atoms with Crippen molar-refractivity contribution in [1.29, 1.82) is 0 Å². The number of nitrogens with one attached hydrogen (secondary N) is 2. The number of halogens is 1. The van der Waals surface area contributed by atoms with E-state index in [1.165, 1.54) is 0 Å². The first-order valence-electron chi connectivity index (χ1n) is 8.15. The van der Waals surface area contributed by atoms with Crippen LogP contribution < -0.4 is 15.4 Å². The highest BCUT2D eigenvalue weighted by Crippen LogP contribution is 2.30. The van der Waals surface area contributed by atoms with Crippen LogP contribution in [0.4, 0.5) is 5.69 Å². The van der Waals surface area contributed by atoms with Crippen LogP contribution in [-0.2, 0) is 16.1 Å². The van der Waals surface area contributed by atoms with E-state index >= 15 is 0 Å². The van der Waals surface area contributed by atoms with Crippen molar-refractivity contribution in [3.05, 3.63) is 58.6 Å². The standard InChI is InChI=1S/C19H19BrN2O3/c20-15-4-2-6-17(10-15)25-12-18(23)21-11-13-3-1-5-16(9-13)22-19(24)14-7-8-14/h1-6,9-10,14H,7-8,11-12H2,(H,21,23)(H,22,24). The summed E-state index contributed by atoms with van der Waals surface area (Å²) < 4.78 is 6.35. The molecule has 0 aromatic heterocycles. The van der Waals surface area contributed by atoms with E-state index in [9.17, 15) is 9.59 Å². The third kappa shape index (κ3) is 5.60. The van der Waals surface area contributed by atoms with E-state index in [2.05, 4.69) is 26.6 Å². The molecule has 0 unspecified atom stereocenters. The van der Waals surface area contributed by atoms with Crippen LogP contribution in [0.2, 0.25) is 0 Å². The minimum absolute atomic E-state index is 0.0471. The Morgan fingerprint density at radius 2 is 1.92 bits per heavy atom. The summed E-state index contributed by atoms with van der Waals surface area (Å²) in [4.78, 5) is 23.7. The molecule has 0 heterocycles. The quantitative estimate of drug-likeness (QED) is 0.744. The molecule has 0 saturated heterocycles. The lowest BCUT2D eigenvalue weighted by Gasteiger charge is -2.09. The van der Waals surface area contributed by atoms with Gasteiger partial charge in [0.1, 0.15) is 5.75 Å². The van der Waals surface area contributed by atoms with Crippen LogP contribution in [0.15, 0.2) is 53.0 Å². The van der Waals surface area contributed by atoms with Crippen molar-refractivity contribution in [2.75, 3.05) is 11.9 Å². The molecule has 0 aliphatic heterocycles. The van der Waals surface area contributed by atoms with E-state index in [-0.39, 0.29) is 24.3 Å². The lowest BCUT2D eigenvalue weighted by molar-refractivity contribution is -0.123. The second kappa shape index (κ2) is 8.16. The van der Waals surface area contributed by atoms with Crippen molar-refractivity contribution in [2.45, 2.75) is 19.4 Å². The maximum absolute atomic E-state index is 11.9. The summed E-state index contributed by atoms with van der Waals surface area (Å²) in [6.45, 7) is 0.336. The first kappa shape index (κ1) is 17.5. The summed E-state index contributed by atoms with van der Waals surface area (Å²) in [5, 5.41) is 5.71. The van der Waals surface area contributed by atoms with Gasteiger partial charge in [0.15, 0.2) is 6.61 Å². The Kier molecular flexibility index (Phi) is 5.71. The molecule has 1 aliphatic rings. The Balaban J connectivity index is 1.45. The Bertz CT molecular complexity index is 775. The molecule has 0 spiro atoms. The van der Waals surface area contributed by atoms with Crippen LogP contribution in [0.25, 0.3) is 0 Å². The van der Waals surface area contributed by atoms with Gasteiger partial charge in [-0.25, -0.2) is 0 Å². The zero-order valence-electron chi connectivity index (χ0n) is 13.6. The van der Waals surface area contributed by atoms with Gasteiger partial charge in [-0.3, -0.25) is 9.59 Å². The molecule has 1 fully saturated rings. The number of carbonyl (C=O) groups is 2. The average Bonchev–Trinajstić information content (AvgIpc) is 3.44. The monoisotopic (exact) mass is 402 g/mol. The van der Waals surface area contributed by atoms with Crippen molar-refractivity contribution >= 4 is 33.4 Å². The fraction of sp³-hybridized carbons (Fsp3) is 0.263. The molecule has 2 aromatic carbocycles. The summed E-state index contributed by atoms with van der Waals surface area (Å²) >= 11 is 3.36. The zero-order valence-corrected chi connectivity index (χ0v) is 15.2. The van der Waals surface area contributed by atoms with E-state index in [1.807, 2.05) is 36.4 Å². The highest BCUT2D eigenvalue weighted by molar-refractivity contribution is 9.10. The Morgan fingerprint density at radius 3 is 2.68 bits per heavy atom. The van der Waals surface area contributed by atoms with Gasteiger partial charge in [-0.2, -0.15) is 0 Å². The number of hydrogen-bond donors (Lipinski definition) is 2. The maximum Gasteiger partial charge on any atom is 0.258 e. The molecule has 2 N–H and O–H groups in total. The first-order valence-corrected chi connectivity index (χ1v) is 8.94. The molecule has 1 saturated carbocycles. The van der Waals surface area contributed by atoms with Gasteiger partial charge in [0.25, 0.3) is 5.91 Å². The molecule has 1 aliphatic carbocycles. The van der Waals surface area contributed by atoms with E-state index in [1.54, 1.807) is 12.1 Å². The Hall–Kier alpha value is -2.34. The zero-order chi connectivity index (χ0) is 17.6. The van der Waals surface area contributed by atoms with Gasteiger partial charge in [0.2, 0.25) is 5.91 Å². The van der Waals surface area contributed by atoms with E-state index in [0.717, 1.165) is 28.6 Å². The number of hydrogen-bond acceptors (Lipinski definition) is 3. The van der Waals surface area contributed by atoms with Gasteiger partial charge < -0.3 is 15.4 Å². The first-order chi connectivity index (χ1) is 12.1. The molecule has 2 aromatic rings. The summed E-state index contributed by atoms with van der Waals surface area (Å²) in [6.07, 6.45) is 1.94. The van der Waals surface area contributed by atoms with Crippen molar-refractivity contribution in [3.8, 4) is 5.75 Å². The maximum atomic E-state index is 11.9. The molecular weight excluding hydrogens is 384 g/mol. The van der Waals surface area contributed by atoms with Gasteiger partial charge in [-0.1, -0.05) is 34.1 Å². The average molecular weight is 403 g/mol. The topological polar surface area (TPSA) is 67.4 Å². The van der Waals surface area contributed by atoms with E-state index < -0.39 is 0 Å². The summed E-state index contributed by atoms with van der Waals surface area (Å²) in [7, 11) is 0. The molecule has 2 amide bonds. The number of ether oxygens (including phenoxy) is 1. The predicted molar refractivity (Wildman–Crippen MR) is 99.3 cm³/mol. The van der Waals surface area contributed by atoms with Crippen LogP contribution in [-0.4, -0.2) is 18.4 Å². The van der Waals surface area contributed by atoms with Crippen LogP contribution in [0.5, 0.6) is 5.75 Å².